The highest BCUT2D eigenvalue weighted by molar-refractivity contribution is 7.89. The predicted octanol–water partition coefficient (Wildman–Crippen LogP) is 1.90. The standard InChI is InChI=1S/C33H45N3O11S/c1-33(2,13-15-44-32(40)34(3)4)20-35(48(41,42)23-10-11-28-29(17-23)47-21-46-28)18-27(37)25(16-22-8-6-5-7-9-22)36(31(38)39)26-19-45-30-24(26)12-14-43-30/h5-11,17,24-27,30,37H,12-16,18-21H2,1-4H3,(H,38,39)/p-1/t24-,25-,26-,27+,30+/m0/s1. The van der Waals surface area contributed by atoms with Gasteiger partial charge in [-0.2, -0.15) is 4.31 Å². The average Bonchev–Trinajstić information content (AvgIpc) is 3.79. The maximum Gasteiger partial charge on any atom is 0.409 e. The summed E-state index contributed by atoms with van der Waals surface area (Å²) in [6.45, 7) is 3.58. The van der Waals surface area contributed by atoms with Crippen molar-refractivity contribution in [3.63, 3.8) is 0 Å². The summed E-state index contributed by atoms with van der Waals surface area (Å²) in [6, 6.07) is 11.6. The number of fused-ring (bicyclic) bond motifs is 2. The molecule has 2 aromatic rings. The SMILES string of the molecule is CN(C)C(=O)OCCC(C)(C)CN(C[C@@H](O)[C@H](Cc1ccccc1)N(C(=O)[O-])[C@H]1CO[C@H]2OCC[C@H]21)S(=O)(=O)c1ccc2c(c1)OCO2. The van der Waals surface area contributed by atoms with Crippen molar-refractivity contribution in [1.82, 2.24) is 14.1 Å². The molecule has 0 bridgehead atoms. The first-order valence-electron chi connectivity index (χ1n) is 16.0. The minimum atomic E-state index is -4.30. The van der Waals surface area contributed by atoms with Gasteiger partial charge in [0.25, 0.3) is 0 Å². The van der Waals surface area contributed by atoms with Crippen LogP contribution in [0.25, 0.3) is 0 Å². The van der Waals surface area contributed by atoms with Gasteiger partial charge in [0.2, 0.25) is 16.8 Å². The molecule has 3 aliphatic rings. The maximum absolute atomic E-state index is 14.4. The molecular formula is C33H44N3O11S-. The lowest BCUT2D eigenvalue weighted by molar-refractivity contribution is -0.273. The molecule has 0 radical (unpaired) electrons. The van der Waals surface area contributed by atoms with Gasteiger partial charge in [-0.3, -0.25) is 0 Å². The normalized spacial score (nSPS) is 21.5. The summed E-state index contributed by atoms with van der Waals surface area (Å²) in [5.41, 5.74) is 0.00555. The van der Waals surface area contributed by atoms with Crippen LogP contribution in [0.1, 0.15) is 32.3 Å². The van der Waals surface area contributed by atoms with E-state index >= 15 is 0 Å². The van der Waals surface area contributed by atoms with Crippen LogP contribution in [-0.4, -0.2) is 118 Å². The average molecular weight is 691 g/mol. The molecule has 0 unspecified atom stereocenters. The Morgan fingerprint density at radius 2 is 1.81 bits per heavy atom. The van der Waals surface area contributed by atoms with E-state index in [9.17, 15) is 28.2 Å². The number of aliphatic hydroxyl groups excluding tert-OH is 1. The Morgan fingerprint density at radius 3 is 2.52 bits per heavy atom. The molecule has 0 aromatic heterocycles. The van der Waals surface area contributed by atoms with Gasteiger partial charge in [-0.25, -0.2) is 13.2 Å². The maximum atomic E-state index is 14.4. The summed E-state index contributed by atoms with van der Waals surface area (Å²) >= 11 is 0. The van der Waals surface area contributed by atoms with Gasteiger partial charge in [0.1, 0.15) is 6.09 Å². The highest BCUT2D eigenvalue weighted by Crippen LogP contribution is 2.38. The summed E-state index contributed by atoms with van der Waals surface area (Å²) in [7, 11) is -1.17. The Hall–Kier alpha value is -3.63. The Labute approximate surface area is 281 Å². The van der Waals surface area contributed by atoms with Crippen LogP contribution in [0.5, 0.6) is 11.5 Å². The lowest BCUT2D eigenvalue weighted by Crippen LogP contribution is -2.61. The number of aliphatic hydroxyl groups is 1. The van der Waals surface area contributed by atoms with Crippen molar-refractivity contribution in [3.05, 3.63) is 54.1 Å². The fourth-order valence-electron chi connectivity index (χ4n) is 6.39. The van der Waals surface area contributed by atoms with Crippen LogP contribution in [0, 0.1) is 11.3 Å². The third-order valence-corrected chi connectivity index (χ3v) is 10.8. The number of carbonyl (C=O) groups is 2. The second-order valence-corrected chi connectivity index (χ2v) is 15.3. The predicted molar refractivity (Wildman–Crippen MR) is 170 cm³/mol. The van der Waals surface area contributed by atoms with Crippen molar-refractivity contribution in [2.75, 3.05) is 53.8 Å². The molecule has 1 N–H and O–H groups in total. The van der Waals surface area contributed by atoms with Gasteiger partial charge in [-0.05, 0) is 42.4 Å². The van der Waals surface area contributed by atoms with Crippen LogP contribution in [0.15, 0.2) is 53.4 Å². The molecule has 14 nitrogen and oxygen atoms in total. The van der Waals surface area contributed by atoms with Gasteiger partial charge in [-0.1, -0.05) is 44.2 Å². The van der Waals surface area contributed by atoms with Crippen molar-refractivity contribution >= 4 is 22.2 Å². The van der Waals surface area contributed by atoms with E-state index < -0.39 is 58.6 Å². The van der Waals surface area contributed by atoms with Crippen LogP contribution in [0.4, 0.5) is 9.59 Å². The van der Waals surface area contributed by atoms with E-state index in [0.29, 0.717) is 25.2 Å². The van der Waals surface area contributed by atoms with E-state index in [2.05, 4.69) is 0 Å². The number of ether oxygens (including phenoxy) is 5. The number of benzene rings is 2. The number of sulfonamides is 1. The number of hydrogen-bond donors (Lipinski definition) is 1. The van der Waals surface area contributed by atoms with Crippen LogP contribution in [0.3, 0.4) is 0 Å². The Morgan fingerprint density at radius 1 is 1.08 bits per heavy atom. The summed E-state index contributed by atoms with van der Waals surface area (Å²) in [5.74, 6) is 0.417. The molecule has 2 aromatic carbocycles. The third kappa shape index (κ3) is 8.14. The second-order valence-electron chi connectivity index (χ2n) is 13.3. The fourth-order valence-corrected chi connectivity index (χ4v) is 8.05. The molecule has 2 amide bonds. The lowest BCUT2D eigenvalue weighted by Gasteiger charge is -2.43. The molecule has 5 rings (SSSR count). The van der Waals surface area contributed by atoms with Gasteiger partial charge >= 0.3 is 6.09 Å². The van der Waals surface area contributed by atoms with Gasteiger partial charge in [-0.15, -0.1) is 0 Å². The fraction of sp³-hybridized carbons (Fsp3) is 0.576. The van der Waals surface area contributed by atoms with Gasteiger partial charge in [0, 0.05) is 39.2 Å². The molecule has 2 saturated heterocycles. The number of hydrogen-bond acceptors (Lipinski definition) is 11. The molecule has 0 spiro atoms. The Kier molecular flexibility index (Phi) is 11.0. The van der Waals surface area contributed by atoms with Crippen molar-refractivity contribution in [2.45, 2.75) is 62.5 Å². The van der Waals surface area contributed by atoms with Gasteiger partial charge in [0.05, 0.1) is 42.9 Å². The smallest absolute Gasteiger partial charge is 0.409 e. The van der Waals surface area contributed by atoms with Gasteiger partial charge < -0.3 is 48.5 Å². The quantitative estimate of drug-likeness (QED) is 0.308. The van der Waals surface area contributed by atoms with Gasteiger partial charge in [0.15, 0.2) is 17.8 Å². The van der Waals surface area contributed by atoms with Crippen molar-refractivity contribution in [3.8, 4) is 11.5 Å². The summed E-state index contributed by atoms with van der Waals surface area (Å²) in [5, 5.41) is 24.9. The molecular weight excluding hydrogens is 646 g/mol. The van der Waals surface area contributed by atoms with E-state index in [1.54, 1.807) is 14.1 Å². The molecule has 3 aliphatic heterocycles. The largest absolute Gasteiger partial charge is 0.530 e. The molecule has 3 heterocycles. The van der Waals surface area contributed by atoms with Crippen molar-refractivity contribution < 1.29 is 51.9 Å². The third-order valence-electron chi connectivity index (χ3n) is 9.01. The molecule has 15 heteroatoms. The first-order valence-corrected chi connectivity index (χ1v) is 17.4. The second kappa shape index (κ2) is 14.9. The summed E-state index contributed by atoms with van der Waals surface area (Å²) in [6.07, 6.45) is -3.10. The first-order chi connectivity index (χ1) is 22.8. The van der Waals surface area contributed by atoms with E-state index in [1.807, 2.05) is 44.2 Å². The van der Waals surface area contributed by atoms with Crippen LogP contribution < -0.4 is 14.6 Å². The zero-order valence-electron chi connectivity index (χ0n) is 27.6. The summed E-state index contributed by atoms with van der Waals surface area (Å²) in [4.78, 5) is 27.2. The van der Waals surface area contributed by atoms with Crippen molar-refractivity contribution in [1.29, 1.82) is 0 Å². The van der Waals surface area contributed by atoms with Crippen molar-refractivity contribution in [2.24, 2.45) is 11.3 Å². The Bertz CT molecular complexity index is 1540. The monoisotopic (exact) mass is 690 g/mol. The highest BCUT2D eigenvalue weighted by Gasteiger charge is 2.47. The molecule has 264 valence electrons. The topological polar surface area (TPSA) is 167 Å². The Balaban J connectivity index is 1.47. The zero-order chi connectivity index (χ0) is 34.6. The minimum Gasteiger partial charge on any atom is -0.530 e. The molecule has 0 aliphatic carbocycles. The molecule has 0 saturated carbocycles. The molecule has 48 heavy (non-hydrogen) atoms. The minimum absolute atomic E-state index is 0.0336. The highest BCUT2D eigenvalue weighted by atomic mass is 32.2. The lowest BCUT2D eigenvalue weighted by atomic mass is 9.89. The number of rotatable bonds is 14. The van der Waals surface area contributed by atoms with Crippen LogP contribution >= 0.6 is 0 Å². The number of nitrogens with zero attached hydrogens (tertiary/aromatic N) is 3. The van der Waals surface area contributed by atoms with E-state index in [1.165, 1.54) is 23.1 Å². The first kappa shape index (κ1) is 35.7. The molecule has 5 atom stereocenters. The van der Waals surface area contributed by atoms with E-state index in [4.69, 9.17) is 23.7 Å². The van der Waals surface area contributed by atoms with E-state index in [0.717, 1.165) is 14.8 Å². The number of amides is 2. The number of carboxylic acid groups (broad SMARTS) is 1. The number of carbonyl (C=O) groups excluding carboxylic acids is 2. The van der Waals surface area contributed by atoms with Crippen LogP contribution in [0.2, 0.25) is 0 Å². The van der Waals surface area contributed by atoms with Crippen LogP contribution in [-0.2, 0) is 30.7 Å². The van der Waals surface area contributed by atoms with E-state index in [-0.39, 0.29) is 49.5 Å². The summed E-state index contributed by atoms with van der Waals surface area (Å²) < 4.78 is 57.4. The molecule has 2 fully saturated rings. The zero-order valence-corrected chi connectivity index (χ0v) is 28.5.